The summed E-state index contributed by atoms with van der Waals surface area (Å²) in [6.45, 7) is 9.26. The number of hydrogen-bond acceptors (Lipinski definition) is 6. The van der Waals surface area contributed by atoms with Crippen molar-refractivity contribution in [3.63, 3.8) is 0 Å². The van der Waals surface area contributed by atoms with Crippen LogP contribution in [0.25, 0.3) is 0 Å². The first-order chi connectivity index (χ1) is 18.3. The summed E-state index contributed by atoms with van der Waals surface area (Å²) in [7, 11) is -3.68. The fraction of sp³-hybridized carbons (Fsp3) is 0.448. The lowest BCUT2D eigenvalue weighted by molar-refractivity contribution is -0.131. The Morgan fingerprint density at radius 1 is 1.00 bits per heavy atom. The van der Waals surface area contributed by atoms with Gasteiger partial charge in [-0.1, -0.05) is 74.5 Å². The van der Waals surface area contributed by atoms with E-state index in [4.69, 9.17) is 4.74 Å². The molecular formula is C29H38N4O4S. The van der Waals surface area contributed by atoms with E-state index in [2.05, 4.69) is 9.88 Å². The van der Waals surface area contributed by atoms with Gasteiger partial charge in [0.2, 0.25) is 20.9 Å². The third-order valence-electron chi connectivity index (χ3n) is 6.62. The first-order valence-corrected chi connectivity index (χ1v) is 14.9. The van der Waals surface area contributed by atoms with Crippen molar-refractivity contribution in [3.05, 3.63) is 83.7 Å². The topological polar surface area (TPSA) is 84.7 Å². The van der Waals surface area contributed by atoms with Crippen molar-refractivity contribution >= 4 is 15.7 Å². The summed E-state index contributed by atoms with van der Waals surface area (Å²) in [4.78, 5) is 22.0. The van der Waals surface area contributed by atoms with Crippen LogP contribution in [0.15, 0.2) is 72.0 Å². The smallest absolute Gasteiger partial charge is 0.228 e. The van der Waals surface area contributed by atoms with Crippen LogP contribution < -0.4 is 0 Å². The lowest BCUT2D eigenvalue weighted by Gasteiger charge is -2.30. The van der Waals surface area contributed by atoms with E-state index in [1.807, 2.05) is 79.4 Å². The van der Waals surface area contributed by atoms with Gasteiger partial charge in [-0.2, -0.15) is 0 Å². The molecule has 1 saturated heterocycles. The molecule has 0 spiro atoms. The molecule has 0 N–H and O–H groups in total. The van der Waals surface area contributed by atoms with Crippen molar-refractivity contribution in [3.8, 4) is 0 Å². The predicted molar refractivity (Wildman–Crippen MR) is 147 cm³/mol. The molecule has 1 aromatic heterocycles. The maximum absolute atomic E-state index is 13.5. The molecule has 4 rings (SSSR count). The summed E-state index contributed by atoms with van der Waals surface area (Å²) in [5.74, 6) is 0.0988. The molecule has 3 aromatic rings. The van der Waals surface area contributed by atoms with Crippen LogP contribution in [0.4, 0.5) is 0 Å². The van der Waals surface area contributed by atoms with Crippen LogP contribution in [0.5, 0.6) is 0 Å². The van der Waals surface area contributed by atoms with E-state index < -0.39 is 9.84 Å². The number of hydrogen-bond donors (Lipinski definition) is 0. The number of morpholine rings is 1. The van der Waals surface area contributed by atoms with E-state index in [1.54, 1.807) is 10.8 Å². The van der Waals surface area contributed by atoms with Crippen molar-refractivity contribution in [2.75, 3.05) is 39.4 Å². The molecule has 2 aromatic carbocycles. The zero-order valence-corrected chi connectivity index (χ0v) is 23.1. The van der Waals surface area contributed by atoms with Gasteiger partial charge < -0.3 is 14.2 Å². The normalized spacial score (nSPS) is 14.6. The highest BCUT2D eigenvalue weighted by atomic mass is 32.2. The third kappa shape index (κ3) is 7.75. The summed E-state index contributed by atoms with van der Waals surface area (Å²) in [5, 5.41) is 0.0636. The van der Waals surface area contributed by atoms with Crippen LogP contribution in [0.2, 0.25) is 0 Å². The largest absolute Gasteiger partial charge is 0.379 e. The Hall–Kier alpha value is -3.01. The Bertz CT molecular complexity index is 1270. The van der Waals surface area contributed by atoms with Gasteiger partial charge in [0, 0.05) is 32.7 Å². The number of aromatic nitrogens is 2. The molecule has 0 bridgehead atoms. The fourth-order valence-corrected chi connectivity index (χ4v) is 6.14. The summed E-state index contributed by atoms with van der Waals surface area (Å²) in [6, 6.07) is 18.9. The molecule has 0 saturated carbocycles. The predicted octanol–water partition coefficient (Wildman–Crippen LogP) is 3.42. The summed E-state index contributed by atoms with van der Waals surface area (Å²) in [5.41, 5.74) is 2.41. The van der Waals surface area contributed by atoms with Gasteiger partial charge in [-0.15, -0.1) is 0 Å². The van der Waals surface area contributed by atoms with Crippen molar-refractivity contribution in [1.29, 1.82) is 0 Å². The molecule has 0 radical (unpaired) electrons. The molecule has 1 aliphatic heterocycles. The highest BCUT2D eigenvalue weighted by Gasteiger charge is 2.26. The Labute approximate surface area is 226 Å². The second-order valence-electron chi connectivity index (χ2n) is 10.2. The number of nitrogens with zero attached hydrogens (tertiary/aromatic N) is 4. The van der Waals surface area contributed by atoms with Gasteiger partial charge in [0.15, 0.2) is 0 Å². The number of benzene rings is 2. The van der Waals surface area contributed by atoms with Crippen LogP contribution in [0, 0.1) is 5.92 Å². The van der Waals surface area contributed by atoms with Gasteiger partial charge in [0.1, 0.15) is 0 Å². The van der Waals surface area contributed by atoms with Crippen LogP contribution in [0.3, 0.4) is 0 Å². The first kappa shape index (κ1) is 28.0. The molecule has 1 aliphatic rings. The quantitative estimate of drug-likeness (QED) is 0.351. The van der Waals surface area contributed by atoms with Gasteiger partial charge >= 0.3 is 0 Å². The average Bonchev–Trinajstić information content (AvgIpc) is 3.30. The first-order valence-electron chi connectivity index (χ1n) is 13.2. The molecule has 0 aliphatic carbocycles. The summed E-state index contributed by atoms with van der Waals surface area (Å²) in [6.07, 6.45) is 1.92. The summed E-state index contributed by atoms with van der Waals surface area (Å²) < 4.78 is 34.1. The lowest BCUT2D eigenvalue weighted by atomic mass is 10.1. The van der Waals surface area contributed by atoms with E-state index in [-0.39, 0.29) is 22.7 Å². The van der Waals surface area contributed by atoms with Gasteiger partial charge in [0.05, 0.1) is 43.8 Å². The molecule has 38 heavy (non-hydrogen) atoms. The third-order valence-corrected chi connectivity index (χ3v) is 8.22. The second kappa shape index (κ2) is 13.2. The number of sulfone groups is 1. The average molecular weight is 539 g/mol. The molecule has 9 heteroatoms. The van der Waals surface area contributed by atoms with Crippen LogP contribution >= 0.6 is 0 Å². The highest BCUT2D eigenvalue weighted by molar-refractivity contribution is 7.90. The highest BCUT2D eigenvalue weighted by Crippen LogP contribution is 2.21. The monoisotopic (exact) mass is 538 g/mol. The molecular weight excluding hydrogens is 500 g/mol. The molecule has 1 amide bonds. The standard InChI is InChI=1S/C29H38N4O4S/c1-24(2)21-33-27(20-30-29(33)38(35,36)23-26-11-7-4-8-12-26)22-32(14-13-31-15-17-37-18-16-31)28(34)19-25-9-5-3-6-10-25/h3-12,20,24H,13-19,21-23H2,1-2H3. The number of carbonyl (C=O) groups excluding carboxylic acids is 1. The Morgan fingerprint density at radius 2 is 1.63 bits per heavy atom. The lowest BCUT2D eigenvalue weighted by Crippen LogP contribution is -2.43. The maximum atomic E-state index is 13.5. The van der Waals surface area contributed by atoms with E-state index in [0.29, 0.717) is 39.3 Å². The molecule has 0 atom stereocenters. The fourth-order valence-electron chi connectivity index (χ4n) is 4.64. The van der Waals surface area contributed by atoms with Crippen molar-refractivity contribution in [2.24, 2.45) is 5.92 Å². The Kier molecular flexibility index (Phi) is 9.71. The SMILES string of the molecule is CC(C)Cn1c(CN(CCN2CCOCC2)C(=O)Cc2ccccc2)cnc1S(=O)(=O)Cc1ccccc1. The summed E-state index contributed by atoms with van der Waals surface area (Å²) >= 11 is 0. The number of rotatable bonds is 12. The van der Waals surface area contributed by atoms with Crippen LogP contribution in [0.1, 0.15) is 30.7 Å². The van der Waals surface area contributed by atoms with E-state index in [1.165, 1.54) is 0 Å². The molecule has 0 unspecified atom stereocenters. The van der Waals surface area contributed by atoms with Gasteiger partial charge in [-0.25, -0.2) is 13.4 Å². The van der Waals surface area contributed by atoms with E-state index in [0.717, 1.165) is 36.5 Å². The number of carbonyl (C=O) groups is 1. The number of amides is 1. The molecule has 8 nitrogen and oxygen atoms in total. The van der Waals surface area contributed by atoms with Crippen molar-refractivity contribution in [2.45, 2.75) is 44.3 Å². The van der Waals surface area contributed by atoms with Crippen molar-refractivity contribution in [1.82, 2.24) is 19.4 Å². The van der Waals surface area contributed by atoms with Crippen LogP contribution in [-0.2, 0) is 44.6 Å². The number of imidazole rings is 1. The molecule has 2 heterocycles. The van der Waals surface area contributed by atoms with Crippen LogP contribution in [-0.4, -0.2) is 73.1 Å². The molecule has 1 fully saturated rings. The minimum Gasteiger partial charge on any atom is -0.379 e. The minimum absolute atomic E-state index is 0.00968. The van der Waals surface area contributed by atoms with E-state index >= 15 is 0 Å². The van der Waals surface area contributed by atoms with Gasteiger partial charge in [-0.05, 0) is 17.0 Å². The van der Waals surface area contributed by atoms with Crippen molar-refractivity contribution < 1.29 is 17.9 Å². The van der Waals surface area contributed by atoms with Gasteiger partial charge in [-0.3, -0.25) is 9.69 Å². The zero-order valence-electron chi connectivity index (χ0n) is 22.3. The van der Waals surface area contributed by atoms with Gasteiger partial charge in [0.25, 0.3) is 0 Å². The Balaban J connectivity index is 1.59. The van der Waals surface area contributed by atoms with E-state index in [9.17, 15) is 13.2 Å². The minimum atomic E-state index is -3.68. The second-order valence-corrected chi connectivity index (χ2v) is 12.1. The number of ether oxygens (including phenoxy) is 1. The molecule has 204 valence electrons. The zero-order chi connectivity index (χ0) is 27.0. The Morgan fingerprint density at radius 3 is 2.26 bits per heavy atom. The maximum Gasteiger partial charge on any atom is 0.228 e.